The van der Waals surface area contributed by atoms with Crippen molar-refractivity contribution in [3.8, 4) is 0 Å². The van der Waals surface area contributed by atoms with E-state index < -0.39 is 12.0 Å². The van der Waals surface area contributed by atoms with E-state index >= 15 is 0 Å². The molecule has 1 amide bonds. The van der Waals surface area contributed by atoms with Crippen molar-refractivity contribution < 1.29 is 14.7 Å². The minimum absolute atomic E-state index is 0. The molecule has 1 atom stereocenters. The van der Waals surface area contributed by atoms with Gasteiger partial charge in [-0.2, -0.15) is 0 Å². The van der Waals surface area contributed by atoms with Gasteiger partial charge in [0.2, 0.25) is 5.91 Å². The Morgan fingerprint density at radius 1 is 1.36 bits per heavy atom. The molecule has 1 unspecified atom stereocenters. The molecule has 1 aromatic rings. The van der Waals surface area contributed by atoms with Crippen LogP contribution in [0.5, 0.6) is 0 Å². The Hall–Kier alpha value is -1.01. The fraction of sp³-hybridized carbons (Fsp3) is 0.429. The second-order valence-corrected chi connectivity index (χ2v) is 5.50. The fourth-order valence-electron chi connectivity index (χ4n) is 1.86. The van der Waals surface area contributed by atoms with Gasteiger partial charge in [0.15, 0.2) is 0 Å². The number of anilines is 1. The van der Waals surface area contributed by atoms with Crippen molar-refractivity contribution in [3.05, 3.63) is 28.2 Å². The van der Waals surface area contributed by atoms with Crippen LogP contribution in [0, 0.1) is 0 Å². The van der Waals surface area contributed by atoms with E-state index in [-0.39, 0.29) is 24.9 Å². The van der Waals surface area contributed by atoms with Gasteiger partial charge in [0.1, 0.15) is 0 Å². The van der Waals surface area contributed by atoms with Crippen molar-refractivity contribution in [1.29, 1.82) is 0 Å². The van der Waals surface area contributed by atoms with Gasteiger partial charge in [-0.3, -0.25) is 14.5 Å². The molecule has 2 N–H and O–H groups in total. The number of carboxylic acid groups (broad SMARTS) is 1. The average Bonchev–Trinajstić information content (AvgIpc) is 2.40. The van der Waals surface area contributed by atoms with E-state index in [1.54, 1.807) is 24.0 Å². The van der Waals surface area contributed by atoms with Gasteiger partial charge in [-0.15, -0.1) is 12.4 Å². The van der Waals surface area contributed by atoms with Gasteiger partial charge >= 0.3 is 5.97 Å². The highest BCUT2D eigenvalue weighted by Crippen LogP contribution is 2.25. The summed E-state index contributed by atoms with van der Waals surface area (Å²) in [5.74, 6) is -1.28. The van der Waals surface area contributed by atoms with Crippen molar-refractivity contribution in [2.45, 2.75) is 26.3 Å². The predicted octanol–water partition coefficient (Wildman–Crippen LogP) is 3.54. The number of amides is 1. The third-order valence-corrected chi connectivity index (χ3v) is 3.51. The number of carbonyl (C=O) groups excluding carboxylic acids is 1. The van der Waals surface area contributed by atoms with E-state index in [0.29, 0.717) is 22.3 Å². The lowest BCUT2D eigenvalue weighted by molar-refractivity contribution is -0.139. The van der Waals surface area contributed by atoms with E-state index in [1.807, 2.05) is 6.92 Å². The smallest absolute Gasteiger partial charge is 0.317 e. The van der Waals surface area contributed by atoms with Crippen LogP contribution in [-0.4, -0.2) is 41.0 Å². The molecule has 0 saturated heterocycles. The molecule has 22 heavy (non-hydrogen) atoms. The molecule has 0 aliphatic rings. The molecule has 0 bridgehead atoms. The Balaban J connectivity index is 0.00000441. The standard InChI is InChI=1S/C14H18Cl2N2O3.ClH/c1-3-6-18(8-13(19)20)9(2)14(21)17-12-5-4-10(15)7-11(12)16;/h4-5,7,9H,3,6,8H2,1-2H3,(H,17,21)(H,19,20);1H. The highest BCUT2D eigenvalue weighted by molar-refractivity contribution is 6.36. The number of carbonyl (C=O) groups is 2. The summed E-state index contributed by atoms with van der Waals surface area (Å²) in [6.07, 6.45) is 0.757. The quantitative estimate of drug-likeness (QED) is 0.771. The molecule has 0 aliphatic carbocycles. The summed E-state index contributed by atoms with van der Waals surface area (Å²) < 4.78 is 0. The van der Waals surface area contributed by atoms with Crippen LogP contribution < -0.4 is 5.32 Å². The third-order valence-electron chi connectivity index (χ3n) is 2.97. The van der Waals surface area contributed by atoms with Gasteiger partial charge in [-0.1, -0.05) is 30.1 Å². The van der Waals surface area contributed by atoms with Crippen LogP contribution in [-0.2, 0) is 9.59 Å². The molecule has 1 aromatic carbocycles. The predicted molar refractivity (Wildman–Crippen MR) is 91.3 cm³/mol. The Morgan fingerprint density at radius 3 is 2.50 bits per heavy atom. The minimum Gasteiger partial charge on any atom is -0.480 e. The van der Waals surface area contributed by atoms with Gasteiger partial charge < -0.3 is 10.4 Å². The van der Waals surface area contributed by atoms with E-state index in [4.69, 9.17) is 28.3 Å². The van der Waals surface area contributed by atoms with Gasteiger partial charge in [0, 0.05) is 5.02 Å². The lowest BCUT2D eigenvalue weighted by Gasteiger charge is -2.26. The number of hydrogen-bond acceptors (Lipinski definition) is 3. The Morgan fingerprint density at radius 2 is 2.00 bits per heavy atom. The topological polar surface area (TPSA) is 69.6 Å². The summed E-state index contributed by atoms with van der Waals surface area (Å²) in [4.78, 5) is 24.7. The van der Waals surface area contributed by atoms with E-state index in [1.165, 1.54) is 6.07 Å². The molecular weight excluding hydrogens is 351 g/mol. The Labute approximate surface area is 146 Å². The molecule has 0 saturated carbocycles. The molecule has 0 radical (unpaired) electrons. The molecule has 0 fully saturated rings. The summed E-state index contributed by atoms with van der Waals surface area (Å²) in [7, 11) is 0. The maximum absolute atomic E-state index is 12.2. The molecule has 0 aromatic heterocycles. The van der Waals surface area contributed by atoms with Gasteiger partial charge in [0.05, 0.1) is 23.3 Å². The molecule has 1 rings (SSSR count). The minimum atomic E-state index is -0.965. The first-order valence-corrected chi connectivity index (χ1v) is 7.32. The van der Waals surface area contributed by atoms with Crippen LogP contribution in [0.3, 0.4) is 0 Å². The third kappa shape index (κ3) is 6.40. The maximum atomic E-state index is 12.2. The zero-order valence-corrected chi connectivity index (χ0v) is 14.6. The summed E-state index contributed by atoms with van der Waals surface area (Å²) >= 11 is 11.8. The van der Waals surface area contributed by atoms with Crippen LogP contribution in [0.4, 0.5) is 5.69 Å². The molecular formula is C14H19Cl3N2O3. The molecule has 0 heterocycles. The molecule has 8 heteroatoms. The number of benzene rings is 1. The average molecular weight is 370 g/mol. The van der Waals surface area contributed by atoms with Crippen molar-refractivity contribution in [2.75, 3.05) is 18.4 Å². The normalized spacial score (nSPS) is 11.7. The lowest BCUT2D eigenvalue weighted by atomic mass is 10.2. The van der Waals surface area contributed by atoms with Crippen LogP contribution >= 0.6 is 35.6 Å². The summed E-state index contributed by atoms with van der Waals surface area (Å²) in [6, 6.07) is 4.18. The number of nitrogens with zero attached hydrogens (tertiary/aromatic N) is 1. The van der Waals surface area contributed by atoms with Crippen LogP contribution in [0.2, 0.25) is 10.0 Å². The number of carboxylic acids is 1. The number of halogens is 3. The first-order valence-electron chi connectivity index (χ1n) is 6.57. The molecule has 0 aliphatic heterocycles. The van der Waals surface area contributed by atoms with Gasteiger partial charge in [0.25, 0.3) is 0 Å². The van der Waals surface area contributed by atoms with Crippen LogP contribution in [0.15, 0.2) is 18.2 Å². The monoisotopic (exact) mass is 368 g/mol. The van der Waals surface area contributed by atoms with Crippen LogP contribution in [0.1, 0.15) is 20.3 Å². The van der Waals surface area contributed by atoms with Crippen molar-refractivity contribution >= 4 is 53.2 Å². The Bertz CT molecular complexity index is 526. The zero-order valence-electron chi connectivity index (χ0n) is 12.3. The van der Waals surface area contributed by atoms with Gasteiger partial charge in [-0.05, 0) is 38.1 Å². The maximum Gasteiger partial charge on any atom is 0.317 e. The van der Waals surface area contributed by atoms with Crippen LogP contribution in [0.25, 0.3) is 0 Å². The summed E-state index contributed by atoms with van der Waals surface area (Å²) in [5.41, 5.74) is 0.449. The van der Waals surface area contributed by atoms with E-state index in [2.05, 4.69) is 5.32 Å². The second kappa shape index (κ2) is 9.90. The first kappa shape index (κ1) is 21.0. The highest BCUT2D eigenvalue weighted by Gasteiger charge is 2.23. The Kier molecular flexibility index (Phi) is 9.44. The van der Waals surface area contributed by atoms with E-state index in [9.17, 15) is 9.59 Å². The molecule has 0 spiro atoms. The number of nitrogens with one attached hydrogen (secondary N) is 1. The first-order chi connectivity index (χ1) is 9.85. The summed E-state index contributed by atoms with van der Waals surface area (Å²) in [5, 5.41) is 12.4. The van der Waals surface area contributed by atoms with Gasteiger partial charge in [-0.25, -0.2) is 0 Å². The number of rotatable bonds is 7. The van der Waals surface area contributed by atoms with E-state index in [0.717, 1.165) is 6.42 Å². The number of hydrogen-bond donors (Lipinski definition) is 2. The zero-order chi connectivity index (χ0) is 16.0. The SMILES string of the molecule is CCCN(CC(=O)O)C(C)C(=O)Nc1ccc(Cl)cc1Cl.Cl. The van der Waals surface area contributed by atoms with Crippen molar-refractivity contribution in [1.82, 2.24) is 4.90 Å². The molecule has 124 valence electrons. The fourth-order valence-corrected chi connectivity index (χ4v) is 2.32. The number of aliphatic carboxylic acids is 1. The highest BCUT2D eigenvalue weighted by atomic mass is 35.5. The molecule has 5 nitrogen and oxygen atoms in total. The van der Waals surface area contributed by atoms with Crippen molar-refractivity contribution in [3.63, 3.8) is 0 Å². The van der Waals surface area contributed by atoms with Crippen molar-refractivity contribution in [2.24, 2.45) is 0 Å². The summed E-state index contributed by atoms with van der Waals surface area (Å²) in [6.45, 7) is 3.93. The second-order valence-electron chi connectivity index (χ2n) is 4.65. The lowest BCUT2D eigenvalue weighted by Crippen LogP contribution is -2.44. The largest absolute Gasteiger partial charge is 0.480 e.